The highest BCUT2D eigenvalue weighted by atomic mass is 79.9. The Labute approximate surface area is 127 Å². The summed E-state index contributed by atoms with van der Waals surface area (Å²) < 4.78 is 8.29. The maximum absolute atomic E-state index is 5.52. The number of aromatic nitrogens is 3. The Kier molecular flexibility index (Phi) is 4.33. The molecule has 0 amide bonds. The lowest BCUT2D eigenvalue weighted by molar-refractivity contribution is 0.112. The molecule has 0 spiro atoms. The molecule has 1 saturated heterocycles. The number of hydrogen-bond donors (Lipinski definition) is 0. The first-order valence-electron chi connectivity index (χ1n) is 7.04. The van der Waals surface area contributed by atoms with E-state index in [1.807, 2.05) is 23.1 Å². The highest BCUT2D eigenvalue weighted by Gasteiger charge is 2.23. The first-order chi connectivity index (χ1) is 9.76. The van der Waals surface area contributed by atoms with Crippen molar-refractivity contribution in [3.8, 4) is 0 Å². The predicted octanol–water partition coefficient (Wildman–Crippen LogP) is 2.35. The number of hydrogen-bond acceptors (Lipinski definition) is 4. The van der Waals surface area contributed by atoms with Crippen LogP contribution in [0.2, 0.25) is 0 Å². The zero-order valence-electron chi connectivity index (χ0n) is 11.6. The minimum atomic E-state index is 0.666. The number of nitrogens with zero attached hydrogens (tertiary/aromatic N) is 4. The molecule has 0 aromatic carbocycles. The lowest BCUT2D eigenvalue weighted by Crippen LogP contribution is -2.21. The van der Waals surface area contributed by atoms with Crippen LogP contribution >= 0.6 is 15.9 Å². The Hall–Kier alpha value is -0.980. The van der Waals surface area contributed by atoms with Crippen LogP contribution in [-0.2, 0) is 11.3 Å². The molecule has 1 unspecified atom stereocenters. The third-order valence-electron chi connectivity index (χ3n) is 3.72. The Morgan fingerprint density at radius 2 is 2.35 bits per heavy atom. The van der Waals surface area contributed by atoms with Gasteiger partial charge < -0.3 is 4.74 Å². The van der Waals surface area contributed by atoms with E-state index in [9.17, 15) is 0 Å². The largest absolute Gasteiger partial charge is 0.381 e. The highest BCUT2D eigenvalue weighted by Crippen LogP contribution is 2.20. The van der Waals surface area contributed by atoms with E-state index in [4.69, 9.17) is 4.74 Å². The molecule has 0 radical (unpaired) electrons. The number of ether oxygens (including phenoxy) is 1. The SMILES string of the molecule is CCOCC1CCN(Cc2cnn3cc(Br)cnc23)C1. The summed E-state index contributed by atoms with van der Waals surface area (Å²) in [4.78, 5) is 6.92. The van der Waals surface area contributed by atoms with Crippen molar-refractivity contribution in [3.63, 3.8) is 0 Å². The molecule has 0 aliphatic carbocycles. The lowest BCUT2D eigenvalue weighted by atomic mass is 10.1. The van der Waals surface area contributed by atoms with Gasteiger partial charge in [0.2, 0.25) is 0 Å². The van der Waals surface area contributed by atoms with E-state index in [1.54, 1.807) is 0 Å². The van der Waals surface area contributed by atoms with Crippen LogP contribution in [0.25, 0.3) is 5.65 Å². The molecule has 3 rings (SSSR count). The van der Waals surface area contributed by atoms with Gasteiger partial charge in [-0.05, 0) is 41.7 Å². The van der Waals surface area contributed by atoms with E-state index >= 15 is 0 Å². The number of rotatable bonds is 5. The van der Waals surface area contributed by atoms with E-state index in [-0.39, 0.29) is 0 Å². The van der Waals surface area contributed by atoms with Crippen molar-refractivity contribution in [2.45, 2.75) is 19.9 Å². The first kappa shape index (κ1) is 14.0. The molecule has 3 heterocycles. The summed E-state index contributed by atoms with van der Waals surface area (Å²) in [5, 5.41) is 4.36. The quantitative estimate of drug-likeness (QED) is 0.839. The van der Waals surface area contributed by atoms with E-state index in [0.29, 0.717) is 5.92 Å². The minimum absolute atomic E-state index is 0.666. The van der Waals surface area contributed by atoms with Gasteiger partial charge in [-0.25, -0.2) is 9.50 Å². The Balaban J connectivity index is 1.65. The van der Waals surface area contributed by atoms with Crippen LogP contribution in [0.15, 0.2) is 23.1 Å². The molecule has 0 N–H and O–H groups in total. The van der Waals surface area contributed by atoms with Crippen molar-refractivity contribution in [1.29, 1.82) is 0 Å². The Bertz CT molecular complexity index is 586. The smallest absolute Gasteiger partial charge is 0.159 e. The molecule has 0 saturated carbocycles. The average molecular weight is 339 g/mol. The van der Waals surface area contributed by atoms with Crippen LogP contribution < -0.4 is 0 Å². The van der Waals surface area contributed by atoms with Gasteiger partial charge in [0, 0.05) is 37.7 Å². The molecule has 0 bridgehead atoms. The fourth-order valence-corrected chi connectivity index (χ4v) is 3.03. The highest BCUT2D eigenvalue weighted by molar-refractivity contribution is 9.10. The summed E-state index contributed by atoms with van der Waals surface area (Å²) in [6.07, 6.45) is 6.90. The molecule has 2 aromatic rings. The lowest BCUT2D eigenvalue weighted by Gasteiger charge is -2.15. The summed E-state index contributed by atoms with van der Waals surface area (Å²) in [5.74, 6) is 0.666. The van der Waals surface area contributed by atoms with Gasteiger partial charge in [0.25, 0.3) is 0 Å². The second-order valence-corrected chi connectivity index (χ2v) is 6.18. The molecule has 1 aliphatic rings. The van der Waals surface area contributed by atoms with Gasteiger partial charge in [0.1, 0.15) is 0 Å². The zero-order valence-corrected chi connectivity index (χ0v) is 13.2. The standard InChI is InChI=1S/C14H19BrN4O/c1-2-20-10-11-3-4-18(7-11)8-12-5-17-19-9-13(15)6-16-14(12)19/h5-6,9,11H,2-4,7-8,10H2,1H3. The zero-order chi connectivity index (χ0) is 13.9. The molecular weight excluding hydrogens is 320 g/mol. The van der Waals surface area contributed by atoms with Crippen molar-refractivity contribution >= 4 is 21.6 Å². The van der Waals surface area contributed by atoms with Gasteiger partial charge >= 0.3 is 0 Å². The molecule has 20 heavy (non-hydrogen) atoms. The summed E-state index contributed by atoms with van der Waals surface area (Å²) in [5.41, 5.74) is 2.14. The van der Waals surface area contributed by atoms with Gasteiger partial charge in [-0.1, -0.05) is 0 Å². The van der Waals surface area contributed by atoms with E-state index in [2.05, 4.69) is 37.8 Å². The first-order valence-corrected chi connectivity index (χ1v) is 7.83. The summed E-state index contributed by atoms with van der Waals surface area (Å²) in [7, 11) is 0. The average Bonchev–Trinajstić information content (AvgIpc) is 3.04. The molecule has 1 atom stereocenters. The Morgan fingerprint density at radius 1 is 1.45 bits per heavy atom. The predicted molar refractivity (Wildman–Crippen MR) is 80.6 cm³/mol. The van der Waals surface area contributed by atoms with Crippen LogP contribution in [-0.4, -0.2) is 45.8 Å². The Morgan fingerprint density at radius 3 is 3.20 bits per heavy atom. The van der Waals surface area contributed by atoms with Crippen LogP contribution in [0.3, 0.4) is 0 Å². The molecule has 108 valence electrons. The monoisotopic (exact) mass is 338 g/mol. The third kappa shape index (κ3) is 3.02. The van der Waals surface area contributed by atoms with Crippen LogP contribution in [0.1, 0.15) is 18.9 Å². The van der Waals surface area contributed by atoms with E-state index < -0.39 is 0 Å². The maximum Gasteiger partial charge on any atom is 0.159 e. The molecular formula is C14H19BrN4O. The second-order valence-electron chi connectivity index (χ2n) is 5.26. The summed E-state index contributed by atoms with van der Waals surface area (Å²) >= 11 is 3.41. The summed E-state index contributed by atoms with van der Waals surface area (Å²) in [6, 6.07) is 0. The van der Waals surface area contributed by atoms with Crippen molar-refractivity contribution in [2.24, 2.45) is 5.92 Å². The van der Waals surface area contributed by atoms with Crippen molar-refractivity contribution in [2.75, 3.05) is 26.3 Å². The van der Waals surface area contributed by atoms with Crippen LogP contribution in [0, 0.1) is 5.92 Å². The number of likely N-dealkylation sites (tertiary alicyclic amines) is 1. The second kappa shape index (κ2) is 6.20. The molecule has 5 nitrogen and oxygen atoms in total. The fraction of sp³-hybridized carbons (Fsp3) is 0.571. The van der Waals surface area contributed by atoms with Crippen molar-refractivity contribution in [3.05, 3.63) is 28.6 Å². The minimum Gasteiger partial charge on any atom is -0.381 e. The van der Waals surface area contributed by atoms with Gasteiger partial charge in [-0.15, -0.1) is 0 Å². The normalized spacial score (nSPS) is 20.0. The van der Waals surface area contributed by atoms with Crippen LogP contribution in [0.5, 0.6) is 0 Å². The van der Waals surface area contributed by atoms with Crippen LogP contribution in [0.4, 0.5) is 0 Å². The fourth-order valence-electron chi connectivity index (χ4n) is 2.73. The van der Waals surface area contributed by atoms with E-state index in [1.165, 1.54) is 12.0 Å². The molecule has 2 aromatic heterocycles. The maximum atomic E-state index is 5.52. The van der Waals surface area contributed by atoms with Crippen molar-refractivity contribution in [1.82, 2.24) is 19.5 Å². The van der Waals surface area contributed by atoms with E-state index in [0.717, 1.165) is 43.0 Å². The number of halogens is 1. The van der Waals surface area contributed by atoms with Gasteiger partial charge in [0.15, 0.2) is 5.65 Å². The van der Waals surface area contributed by atoms with Gasteiger partial charge in [-0.3, -0.25) is 4.90 Å². The molecule has 6 heteroatoms. The van der Waals surface area contributed by atoms with Crippen molar-refractivity contribution < 1.29 is 4.74 Å². The third-order valence-corrected chi connectivity index (χ3v) is 4.13. The molecule has 1 fully saturated rings. The topological polar surface area (TPSA) is 42.7 Å². The summed E-state index contributed by atoms with van der Waals surface area (Å²) in [6.45, 7) is 6.89. The number of fused-ring (bicyclic) bond motifs is 1. The van der Waals surface area contributed by atoms with Gasteiger partial charge in [-0.2, -0.15) is 5.10 Å². The molecule has 1 aliphatic heterocycles. The van der Waals surface area contributed by atoms with Gasteiger partial charge in [0.05, 0.1) is 17.3 Å².